The van der Waals surface area contributed by atoms with Crippen molar-refractivity contribution in [2.24, 2.45) is 11.0 Å². The van der Waals surface area contributed by atoms with E-state index in [4.69, 9.17) is 10.3 Å². The summed E-state index contributed by atoms with van der Waals surface area (Å²) in [5.74, 6) is 0.230. The monoisotopic (exact) mass is 282 g/mol. The van der Waals surface area contributed by atoms with Gasteiger partial charge in [0.15, 0.2) is 0 Å². The van der Waals surface area contributed by atoms with Crippen molar-refractivity contribution in [1.29, 1.82) is 0 Å². The average molecular weight is 282 g/mol. The maximum atomic E-state index is 12.1. The first-order chi connectivity index (χ1) is 9.08. The highest BCUT2D eigenvalue weighted by Crippen LogP contribution is 2.17. The number of hydrogen-bond acceptors (Lipinski definition) is 3. The van der Waals surface area contributed by atoms with Crippen LogP contribution in [0.1, 0.15) is 41.5 Å². The average Bonchev–Trinajstić information content (AvgIpc) is 2.29. The van der Waals surface area contributed by atoms with Crippen LogP contribution >= 0.6 is 0 Å². The minimum absolute atomic E-state index is 0.0984. The highest BCUT2D eigenvalue weighted by Gasteiger charge is 2.25. The molecule has 114 valence electrons. The first kappa shape index (κ1) is 18.3. The Morgan fingerprint density at radius 2 is 2.00 bits per heavy atom. The lowest BCUT2D eigenvalue weighted by Gasteiger charge is -2.31. The molecule has 6 heteroatoms. The SMILES string of the molecule is CC(=CC(C(C)C)N(C)C(=O)OC(C)(C)C)CN=[N+]=[N-]. The van der Waals surface area contributed by atoms with Crippen molar-refractivity contribution < 1.29 is 9.53 Å². The van der Waals surface area contributed by atoms with Crippen LogP contribution in [0.25, 0.3) is 10.4 Å². The van der Waals surface area contributed by atoms with Crippen molar-refractivity contribution in [3.63, 3.8) is 0 Å². The number of hydrogen-bond donors (Lipinski definition) is 0. The fourth-order valence-electron chi connectivity index (χ4n) is 1.69. The lowest BCUT2D eigenvalue weighted by atomic mass is 10.0. The van der Waals surface area contributed by atoms with Crippen LogP contribution in [-0.2, 0) is 4.74 Å². The number of ether oxygens (including phenoxy) is 1. The number of carbonyl (C=O) groups excluding carboxylic acids is 1. The Bertz CT molecular complexity index is 404. The zero-order valence-electron chi connectivity index (χ0n) is 13.5. The Morgan fingerprint density at radius 1 is 1.45 bits per heavy atom. The lowest BCUT2D eigenvalue weighted by Crippen LogP contribution is -2.42. The molecule has 0 aliphatic carbocycles. The molecule has 1 unspecified atom stereocenters. The van der Waals surface area contributed by atoms with Crippen LogP contribution in [-0.4, -0.2) is 36.2 Å². The van der Waals surface area contributed by atoms with Crippen LogP contribution in [0.3, 0.4) is 0 Å². The Morgan fingerprint density at radius 3 is 2.40 bits per heavy atom. The molecule has 0 heterocycles. The highest BCUT2D eigenvalue weighted by molar-refractivity contribution is 5.68. The first-order valence-corrected chi connectivity index (χ1v) is 6.72. The molecular weight excluding hydrogens is 256 g/mol. The van der Waals surface area contributed by atoms with Crippen molar-refractivity contribution in [2.75, 3.05) is 13.6 Å². The first-order valence-electron chi connectivity index (χ1n) is 6.72. The minimum Gasteiger partial charge on any atom is -0.444 e. The molecule has 20 heavy (non-hydrogen) atoms. The second kappa shape index (κ2) is 7.80. The Kier molecular flexibility index (Phi) is 7.14. The predicted molar refractivity (Wildman–Crippen MR) is 80.4 cm³/mol. The Balaban J connectivity index is 5.00. The molecule has 0 aromatic rings. The molecule has 0 aliphatic heterocycles. The van der Waals surface area contributed by atoms with Gasteiger partial charge in [0.25, 0.3) is 0 Å². The van der Waals surface area contributed by atoms with E-state index >= 15 is 0 Å². The van der Waals surface area contributed by atoms with E-state index in [0.29, 0.717) is 6.54 Å². The van der Waals surface area contributed by atoms with Gasteiger partial charge in [-0.15, -0.1) is 0 Å². The molecule has 0 aromatic carbocycles. The second-order valence-electron chi connectivity index (χ2n) is 6.23. The molecule has 0 rings (SSSR count). The zero-order valence-corrected chi connectivity index (χ0v) is 13.5. The summed E-state index contributed by atoms with van der Waals surface area (Å²) in [5.41, 5.74) is 8.74. The van der Waals surface area contributed by atoms with Crippen molar-refractivity contribution in [1.82, 2.24) is 4.90 Å². The number of amides is 1. The lowest BCUT2D eigenvalue weighted by molar-refractivity contribution is 0.0223. The predicted octanol–water partition coefficient (Wildman–Crippen LogP) is 4.13. The largest absolute Gasteiger partial charge is 0.444 e. The van der Waals surface area contributed by atoms with Gasteiger partial charge in [0.1, 0.15) is 5.60 Å². The van der Waals surface area contributed by atoms with Crippen LogP contribution in [0.2, 0.25) is 0 Å². The standard InChI is InChI=1S/C14H26N4O2/c1-10(2)12(8-11(3)9-16-17-15)18(7)13(19)20-14(4,5)6/h8,10,12H,9H2,1-7H3. The van der Waals surface area contributed by atoms with E-state index in [-0.39, 0.29) is 18.1 Å². The number of carbonyl (C=O) groups is 1. The summed E-state index contributed by atoms with van der Waals surface area (Å²) in [5, 5.41) is 3.53. The molecule has 0 N–H and O–H groups in total. The van der Waals surface area contributed by atoms with Crippen LogP contribution < -0.4 is 0 Å². The third-order valence-electron chi connectivity index (χ3n) is 2.65. The Hall–Kier alpha value is -1.68. The summed E-state index contributed by atoms with van der Waals surface area (Å²) in [7, 11) is 1.72. The molecule has 1 amide bonds. The van der Waals surface area contributed by atoms with Crippen LogP contribution in [0.4, 0.5) is 4.79 Å². The van der Waals surface area contributed by atoms with E-state index in [1.54, 1.807) is 11.9 Å². The molecular formula is C14H26N4O2. The maximum Gasteiger partial charge on any atom is 0.410 e. The van der Waals surface area contributed by atoms with Gasteiger partial charge in [0.2, 0.25) is 0 Å². The molecule has 1 atom stereocenters. The third kappa shape index (κ3) is 7.04. The van der Waals surface area contributed by atoms with Gasteiger partial charge < -0.3 is 9.64 Å². The molecule has 0 radical (unpaired) electrons. The van der Waals surface area contributed by atoms with Crippen molar-refractivity contribution in [2.45, 2.75) is 53.2 Å². The van der Waals surface area contributed by atoms with Gasteiger partial charge >= 0.3 is 6.09 Å². The molecule has 0 saturated carbocycles. The summed E-state index contributed by atoms with van der Waals surface area (Å²) < 4.78 is 5.37. The van der Waals surface area contributed by atoms with Gasteiger partial charge in [-0.1, -0.05) is 30.6 Å². The number of nitrogens with zero attached hydrogens (tertiary/aromatic N) is 4. The van der Waals surface area contributed by atoms with Gasteiger partial charge in [0, 0.05) is 18.5 Å². The van der Waals surface area contributed by atoms with Crippen LogP contribution in [0.15, 0.2) is 16.8 Å². The van der Waals surface area contributed by atoms with E-state index in [2.05, 4.69) is 10.0 Å². The number of azide groups is 1. The van der Waals surface area contributed by atoms with Crippen LogP contribution in [0, 0.1) is 5.92 Å². The molecule has 6 nitrogen and oxygen atoms in total. The van der Waals surface area contributed by atoms with E-state index in [9.17, 15) is 4.79 Å². The van der Waals surface area contributed by atoms with Gasteiger partial charge in [-0.25, -0.2) is 4.79 Å². The number of rotatable bonds is 5. The summed E-state index contributed by atoms with van der Waals surface area (Å²) >= 11 is 0. The van der Waals surface area contributed by atoms with E-state index < -0.39 is 5.60 Å². The summed E-state index contributed by atoms with van der Waals surface area (Å²) in [4.78, 5) is 16.4. The van der Waals surface area contributed by atoms with E-state index in [0.717, 1.165) is 5.57 Å². The minimum atomic E-state index is -0.517. The van der Waals surface area contributed by atoms with Crippen molar-refractivity contribution in [3.05, 3.63) is 22.1 Å². The molecule has 0 fully saturated rings. The smallest absolute Gasteiger partial charge is 0.410 e. The molecule has 0 bridgehead atoms. The van der Waals surface area contributed by atoms with E-state index in [1.807, 2.05) is 47.6 Å². The molecule has 0 aliphatic rings. The Labute approximate surface area is 121 Å². The summed E-state index contributed by atoms with van der Waals surface area (Å²) in [6.45, 7) is 11.8. The fraction of sp³-hybridized carbons (Fsp3) is 0.786. The quantitative estimate of drug-likeness (QED) is 0.329. The van der Waals surface area contributed by atoms with Gasteiger partial charge in [-0.2, -0.15) is 0 Å². The molecule has 0 spiro atoms. The topological polar surface area (TPSA) is 78.3 Å². The molecule has 0 saturated heterocycles. The summed E-state index contributed by atoms with van der Waals surface area (Å²) in [6.07, 6.45) is 1.59. The third-order valence-corrected chi connectivity index (χ3v) is 2.65. The highest BCUT2D eigenvalue weighted by atomic mass is 16.6. The zero-order chi connectivity index (χ0) is 15.9. The number of likely N-dealkylation sites (N-methyl/N-ethyl adjacent to an activating group) is 1. The maximum absolute atomic E-state index is 12.1. The van der Waals surface area contributed by atoms with Crippen molar-refractivity contribution in [3.8, 4) is 0 Å². The van der Waals surface area contributed by atoms with Gasteiger partial charge in [-0.3, -0.25) is 0 Å². The van der Waals surface area contributed by atoms with Gasteiger partial charge in [0.05, 0.1) is 6.04 Å². The normalized spacial score (nSPS) is 13.7. The van der Waals surface area contributed by atoms with E-state index in [1.165, 1.54) is 0 Å². The van der Waals surface area contributed by atoms with Crippen LogP contribution in [0.5, 0.6) is 0 Å². The fourth-order valence-corrected chi connectivity index (χ4v) is 1.69. The van der Waals surface area contributed by atoms with Crippen molar-refractivity contribution >= 4 is 6.09 Å². The van der Waals surface area contributed by atoms with Gasteiger partial charge in [-0.05, 0) is 39.1 Å². The second-order valence-corrected chi connectivity index (χ2v) is 6.23. The summed E-state index contributed by atoms with van der Waals surface area (Å²) in [6, 6.07) is -0.0984. The molecule has 0 aromatic heterocycles.